The highest BCUT2D eigenvalue weighted by atomic mass is 35.5. The second-order valence-corrected chi connectivity index (χ2v) is 4.86. The molecule has 0 aliphatic carbocycles. The number of carboxylic acid groups (broad SMARTS) is 1. The lowest BCUT2D eigenvalue weighted by Crippen LogP contribution is -2.06. The van der Waals surface area contributed by atoms with E-state index in [-0.39, 0.29) is 5.69 Å². The lowest BCUT2D eigenvalue weighted by atomic mass is 10.2. The van der Waals surface area contributed by atoms with Gasteiger partial charge in [0, 0.05) is 18.3 Å². The van der Waals surface area contributed by atoms with Crippen molar-refractivity contribution in [1.29, 1.82) is 0 Å². The van der Waals surface area contributed by atoms with E-state index >= 15 is 0 Å². The fraction of sp³-hybridized carbons (Fsp3) is 0.0714. The highest BCUT2D eigenvalue weighted by Crippen LogP contribution is 2.23. The first-order valence-electron chi connectivity index (χ1n) is 6.42. The zero-order valence-electron chi connectivity index (χ0n) is 11.8. The smallest absolute Gasteiger partial charge is 0.356 e. The fourth-order valence-electron chi connectivity index (χ4n) is 1.90. The summed E-state index contributed by atoms with van der Waals surface area (Å²) in [6.07, 6.45) is 1.47. The summed E-state index contributed by atoms with van der Waals surface area (Å²) >= 11 is 5.83. The van der Waals surface area contributed by atoms with E-state index in [0.717, 1.165) is 0 Å². The summed E-state index contributed by atoms with van der Waals surface area (Å²) in [5, 5.41) is 21.5. The van der Waals surface area contributed by atoms with Crippen LogP contribution in [0.15, 0.2) is 36.5 Å². The van der Waals surface area contributed by atoms with Crippen molar-refractivity contribution in [3.8, 4) is 23.1 Å². The van der Waals surface area contributed by atoms with Gasteiger partial charge in [0.15, 0.2) is 11.5 Å². The standard InChI is InChI=1S/C14H10ClN5O3/c1-23-13-5-4-12(17-18-13)20-11(6-10(19-20)14(21)22)9-3-2-8(15)7-16-9/h2-7H,1H3,(H,21,22). The predicted octanol–water partition coefficient (Wildman–Crippen LogP) is 2.08. The number of hydrogen-bond acceptors (Lipinski definition) is 6. The number of pyridine rings is 1. The Morgan fingerprint density at radius 2 is 2.09 bits per heavy atom. The Kier molecular flexibility index (Phi) is 3.90. The van der Waals surface area contributed by atoms with E-state index < -0.39 is 5.97 Å². The molecular weight excluding hydrogens is 322 g/mol. The number of halogens is 1. The lowest BCUT2D eigenvalue weighted by molar-refractivity contribution is 0.0690. The number of ether oxygens (including phenoxy) is 1. The van der Waals surface area contributed by atoms with Crippen molar-refractivity contribution in [3.63, 3.8) is 0 Å². The molecule has 0 radical (unpaired) electrons. The summed E-state index contributed by atoms with van der Waals surface area (Å²) in [6.45, 7) is 0. The molecule has 23 heavy (non-hydrogen) atoms. The lowest BCUT2D eigenvalue weighted by Gasteiger charge is -2.06. The van der Waals surface area contributed by atoms with Crippen molar-refractivity contribution in [3.05, 3.63) is 47.2 Å². The van der Waals surface area contributed by atoms with Crippen molar-refractivity contribution < 1.29 is 14.6 Å². The van der Waals surface area contributed by atoms with Gasteiger partial charge in [-0.2, -0.15) is 5.10 Å². The van der Waals surface area contributed by atoms with Gasteiger partial charge >= 0.3 is 5.97 Å². The van der Waals surface area contributed by atoms with Crippen LogP contribution >= 0.6 is 11.6 Å². The number of carboxylic acids is 1. The maximum atomic E-state index is 11.2. The molecule has 0 saturated heterocycles. The molecular formula is C14H10ClN5O3. The summed E-state index contributed by atoms with van der Waals surface area (Å²) in [6, 6.07) is 7.94. The van der Waals surface area contributed by atoms with Gasteiger partial charge in [0.05, 0.1) is 23.5 Å². The van der Waals surface area contributed by atoms with Crippen LogP contribution in [-0.4, -0.2) is 43.1 Å². The summed E-state index contributed by atoms with van der Waals surface area (Å²) in [4.78, 5) is 15.4. The first-order chi connectivity index (χ1) is 11.1. The number of aromatic carboxylic acids is 1. The average molecular weight is 332 g/mol. The van der Waals surface area contributed by atoms with Crippen LogP contribution in [0.5, 0.6) is 5.88 Å². The van der Waals surface area contributed by atoms with Crippen LogP contribution in [0.1, 0.15) is 10.5 Å². The molecule has 0 fully saturated rings. The maximum Gasteiger partial charge on any atom is 0.356 e. The van der Waals surface area contributed by atoms with Gasteiger partial charge in [-0.1, -0.05) is 11.6 Å². The van der Waals surface area contributed by atoms with Crippen molar-refractivity contribution >= 4 is 17.6 Å². The first-order valence-corrected chi connectivity index (χ1v) is 6.79. The topological polar surface area (TPSA) is 103 Å². The summed E-state index contributed by atoms with van der Waals surface area (Å²) < 4.78 is 6.31. The quantitative estimate of drug-likeness (QED) is 0.780. The Balaban J connectivity index is 2.13. The fourth-order valence-corrected chi connectivity index (χ4v) is 2.02. The molecule has 0 atom stereocenters. The van der Waals surface area contributed by atoms with E-state index in [1.807, 2.05) is 0 Å². The Labute approximate surface area is 135 Å². The number of nitrogens with zero attached hydrogens (tertiary/aromatic N) is 5. The second-order valence-electron chi connectivity index (χ2n) is 4.43. The Bertz CT molecular complexity index is 846. The number of methoxy groups -OCH3 is 1. The third kappa shape index (κ3) is 2.97. The normalized spacial score (nSPS) is 10.5. The molecule has 3 aromatic rings. The maximum absolute atomic E-state index is 11.2. The van der Waals surface area contributed by atoms with Gasteiger partial charge in [-0.3, -0.25) is 4.98 Å². The molecule has 0 saturated carbocycles. The molecule has 0 aliphatic rings. The van der Waals surface area contributed by atoms with Crippen LogP contribution in [0.25, 0.3) is 17.2 Å². The molecule has 8 nitrogen and oxygen atoms in total. The molecule has 1 N–H and O–H groups in total. The van der Waals surface area contributed by atoms with Gasteiger partial charge < -0.3 is 9.84 Å². The zero-order valence-corrected chi connectivity index (χ0v) is 12.6. The first kappa shape index (κ1) is 14.9. The van der Waals surface area contributed by atoms with E-state index in [9.17, 15) is 4.79 Å². The molecule has 3 heterocycles. The van der Waals surface area contributed by atoms with Gasteiger partial charge in [0.1, 0.15) is 0 Å². The zero-order chi connectivity index (χ0) is 16.4. The van der Waals surface area contributed by atoms with Crippen LogP contribution < -0.4 is 4.74 Å². The number of carbonyl (C=O) groups is 1. The second kappa shape index (κ2) is 6.01. The van der Waals surface area contributed by atoms with E-state index in [4.69, 9.17) is 21.4 Å². The highest BCUT2D eigenvalue weighted by molar-refractivity contribution is 6.30. The number of rotatable bonds is 4. The minimum absolute atomic E-state index is 0.130. The summed E-state index contributed by atoms with van der Waals surface area (Å²) in [7, 11) is 1.48. The van der Waals surface area contributed by atoms with E-state index in [0.29, 0.717) is 28.1 Å². The predicted molar refractivity (Wildman–Crippen MR) is 80.9 cm³/mol. The molecule has 9 heteroatoms. The Morgan fingerprint density at radius 3 is 2.65 bits per heavy atom. The molecule has 0 bridgehead atoms. The largest absolute Gasteiger partial charge is 0.480 e. The molecule has 3 rings (SSSR count). The van der Waals surface area contributed by atoms with Crippen LogP contribution in [0.2, 0.25) is 5.02 Å². The molecule has 0 amide bonds. The third-order valence-electron chi connectivity index (χ3n) is 2.97. The van der Waals surface area contributed by atoms with Crippen molar-refractivity contribution in [2.45, 2.75) is 0 Å². The minimum Gasteiger partial charge on any atom is -0.480 e. The van der Waals surface area contributed by atoms with E-state index in [2.05, 4.69) is 20.3 Å². The van der Waals surface area contributed by atoms with E-state index in [1.54, 1.807) is 24.3 Å². The van der Waals surface area contributed by atoms with Crippen LogP contribution in [0.3, 0.4) is 0 Å². The van der Waals surface area contributed by atoms with Gasteiger partial charge in [0.2, 0.25) is 5.88 Å². The van der Waals surface area contributed by atoms with Gasteiger partial charge in [-0.15, -0.1) is 10.2 Å². The highest BCUT2D eigenvalue weighted by Gasteiger charge is 2.17. The number of hydrogen-bond donors (Lipinski definition) is 1. The van der Waals surface area contributed by atoms with E-state index in [1.165, 1.54) is 24.1 Å². The third-order valence-corrected chi connectivity index (χ3v) is 3.19. The SMILES string of the molecule is COc1ccc(-n2nc(C(=O)O)cc2-c2ccc(Cl)cn2)nn1. The molecule has 0 aromatic carbocycles. The number of aromatic nitrogens is 5. The molecule has 116 valence electrons. The Morgan fingerprint density at radius 1 is 1.26 bits per heavy atom. The summed E-state index contributed by atoms with van der Waals surface area (Å²) in [5.41, 5.74) is 0.833. The van der Waals surface area contributed by atoms with Gasteiger partial charge in [-0.05, 0) is 18.2 Å². The van der Waals surface area contributed by atoms with Gasteiger partial charge in [-0.25, -0.2) is 9.48 Å². The van der Waals surface area contributed by atoms with Gasteiger partial charge in [0.25, 0.3) is 0 Å². The minimum atomic E-state index is -1.15. The van der Waals surface area contributed by atoms with Crippen molar-refractivity contribution in [2.75, 3.05) is 7.11 Å². The van der Waals surface area contributed by atoms with Crippen LogP contribution in [0.4, 0.5) is 0 Å². The molecule has 0 unspecified atom stereocenters. The molecule has 3 aromatic heterocycles. The molecule has 0 aliphatic heterocycles. The van der Waals surface area contributed by atoms with Crippen molar-refractivity contribution in [1.82, 2.24) is 25.0 Å². The van der Waals surface area contributed by atoms with Crippen LogP contribution in [0, 0.1) is 0 Å². The van der Waals surface area contributed by atoms with Crippen LogP contribution in [-0.2, 0) is 0 Å². The molecule has 0 spiro atoms. The monoisotopic (exact) mass is 331 g/mol. The van der Waals surface area contributed by atoms with Crippen molar-refractivity contribution in [2.24, 2.45) is 0 Å². The Hall–Kier alpha value is -3.00. The summed E-state index contributed by atoms with van der Waals surface area (Å²) in [5.74, 6) is -0.476. The average Bonchev–Trinajstić information content (AvgIpc) is 3.01.